The monoisotopic (exact) mass is 379 g/mol. The maximum Gasteiger partial charge on any atom is 0.273 e. The first-order valence-electron chi connectivity index (χ1n) is 9.48. The van der Waals surface area contributed by atoms with Gasteiger partial charge in [-0.25, -0.2) is 5.01 Å². The number of carbonyl (C=O) groups excluding carboxylic acids is 2. The van der Waals surface area contributed by atoms with Crippen LogP contribution in [0.25, 0.3) is 0 Å². The average Bonchev–Trinajstić information content (AvgIpc) is 2.69. The molecule has 2 aromatic carbocycles. The van der Waals surface area contributed by atoms with E-state index in [4.69, 9.17) is 4.74 Å². The second kappa shape index (κ2) is 8.69. The minimum atomic E-state index is -0.149. The third kappa shape index (κ3) is 4.57. The van der Waals surface area contributed by atoms with Crippen molar-refractivity contribution in [3.8, 4) is 5.75 Å². The van der Waals surface area contributed by atoms with Gasteiger partial charge in [0.05, 0.1) is 12.3 Å². The SMILES string of the molecule is CCOc1cc(C2=NN(C(=O)c3ccc(NC(C)=O)cc3)CCC2)ccc1C. The van der Waals surface area contributed by atoms with E-state index in [1.54, 1.807) is 24.3 Å². The van der Waals surface area contributed by atoms with E-state index in [9.17, 15) is 9.59 Å². The summed E-state index contributed by atoms with van der Waals surface area (Å²) in [6.45, 7) is 6.61. The molecule has 146 valence electrons. The highest BCUT2D eigenvalue weighted by Gasteiger charge is 2.21. The zero-order valence-corrected chi connectivity index (χ0v) is 16.5. The topological polar surface area (TPSA) is 71.0 Å². The van der Waals surface area contributed by atoms with Crippen LogP contribution in [0.3, 0.4) is 0 Å². The normalized spacial score (nSPS) is 13.7. The Bertz CT molecular complexity index is 904. The number of rotatable bonds is 5. The zero-order valence-electron chi connectivity index (χ0n) is 16.5. The molecule has 2 aromatic rings. The summed E-state index contributed by atoms with van der Waals surface area (Å²) in [6, 6.07) is 12.9. The minimum absolute atomic E-state index is 0.145. The highest BCUT2D eigenvalue weighted by Crippen LogP contribution is 2.23. The predicted octanol–water partition coefficient (Wildman–Crippen LogP) is 3.99. The molecule has 1 aliphatic heterocycles. The van der Waals surface area contributed by atoms with Gasteiger partial charge in [0.2, 0.25) is 5.91 Å². The highest BCUT2D eigenvalue weighted by molar-refractivity contribution is 6.03. The molecule has 28 heavy (non-hydrogen) atoms. The van der Waals surface area contributed by atoms with Gasteiger partial charge in [0.1, 0.15) is 5.75 Å². The molecule has 0 spiro atoms. The van der Waals surface area contributed by atoms with Crippen molar-refractivity contribution in [3.63, 3.8) is 0 Å². The quantitative estimate of drug-likeness (QED) is 0.854. The van der Waals surface area contributed by atoms with Crippen LogP contribution in [0.5, 0.6) is 5.75 Å². The Morgan fingerprint density at radius 3 is 2.61 bits per heavy atom. The number of ether oxygens (including phenoxy) is 1. The first-order valence-corrected chi connectivity index (χ1v) is 9.48. The summed E-state index contributed by atoms with van der Waals surface area (Å²) < 4.78 is 5.68. The molecule has 0 aliphatic carbocycles. The van der Waals surface area contributed by atoms with E-state index >= 15 is 0 Å². The second-order valence-electron chi connectivity index (χ2n) is 6.75. The van der Waals surface area contributed by atoms with Gasteiger partial charge >= 0.3 is 0 Å². The largest absolute Gasteiger partial charge is 0.494 e. The summed E-state index contributed by atoms with van der Waals surface area (Å²) in [5.41, 5.74) is 4.14. The van der Waals surface area contributed by atoms with Gasteiger partial charge in [-0.1, -0.05) is 12.1 Å². The van der Waals surface area contributed by atoms with Crippen LogP contribution in [0.15, 0.2) is 47.6 Å². The summed E-state index contributed by atoms with van der Waals surface area (Å²) in [5.74, 6) is 0.553. The van der Waals surface area contributed by atoms with Gasteiger partial charge in [-0.15, -0.1) is 0 Å². The molecule has 6 nitrogen and oxygen atoms in total. The van der Waals surface area contributed by atoms with Crippen LogP contribution in [0.2, 0.25) is 0 Å². The van der Waals surface area contributed by atoms with Crippen molar-refractivity contribution in [2.75, 3.05) is 18.5 Å². The van der Waals surface area contributed by atoms with Gasteiger partial charge < -0.3 is 10.1 Å². The van der Waals surface area contributed by atoms with Gasteiger partial charge in [-0.3, -0.25) is 9.59 Å². The Morgan fingerprint density at radius 2 is 1.93 bits per heavy atom. The summed E-state index contributed by atoms with van der Waals surface area (Å²) in [7, 11) is 0. The molecule has 0 radical (unpaired) electrons. The van der Waals surface area contributed by atoms with Gasteiger partial charge in [0, 0.05) is 30.3 Å². The van der Waals surface area contributed by atoms with Gasteiger partial charge in [0.25, 0.3) is 5.91 Å². The fourth-order valence-corrected chi connectivity index (χ4v) is 3.13. The number of hydrogen-bond donors (Lipinski definition) is 1. The third-order valence-electron chi connectivity index (χ3n) is 4.53. The Morgan fingerprint density at radius 1 is 1.18 bits per heavy atom. The molecule has 0 atom stereocenters. The Hall–Kier alpha value is -3.15. The van der Waals surface area contributed by atoms with E-state index in [1.807, 2.05) is 32.0 Å². The van der Waals surface area contributed by atoms with Crippen molar-refractivity contribution in [2.24, 2.45) is 5.10 Å². The number of nitrogens with one attached hydrogen (secondary N) is 1. The minimum Gasteiger partial charge on any atom is -0.494 e. The number of anilines is 1. The lowest BCUT2D eigenvalue weighted by atomic mass is 10.0. The summed E-state index contributed by atoms with van der Waals surface area (Å²) >= 11 is 0. The maximum absolute atomic E-state index is 12.8. The number of amides is 2. The zero-order chi connectivity index (χ0) is 20.1. The molecule has 1 aliphatic rings. The number of aryl methyl sites for hydroxylation is 1. The molecular weight excluding hydrogens is 354 g/mol. The second-order valence-corrected chi connectivity index (χ2v) is 6.75. The van der Waals surface area contributed by atoms with Crippen LogP contribution >= 0.6 is 0 Å². The number of hydrazone groups is 1. The third-order valence-corrected chi connectivity index (χ3v) is 4.53. The van der Waals surface area contributed by atoms with Crippen molar-refractivity contribution in [1.29, 1.82) is 0 Å². The molecule has 1 heterocycles. The maximum atomic E-state index is 12.8. The van der Waals surface area contributed by atoms with Gasteiger partial charge in [-0.2, -0.15) is 5.10 Å². The molecule has 1 N–H and O–H groups in total. The molecule has 0 bridgehead atoms. The number of carbonyl (C=O) groups is 2. The molecule has 6 heteroatoms. The van der Waals surface area contributed by atoms with Crippen molar-refractivity contribution in [2.45, 2.75) is 33.6 Å². The Kier molecular flexibility index (Phi) is 6.09. The molecule has 0 unspecified atom stereocenters. The van der Waals surface area contributed by atoms with Crippen LogP contribution in [0, 0.1) is 6.92 Å². The van der Waals surface area contributed by atoms with Crippen LogP contribution in [-0.2, 0) is 4.79 Å². The van der Waals surface area contributed by atoms with Crippen LogP contribution in [0.1, 0.15) is 48.2 Å². The van der Waals surface area contributed by atoms with Crippen molar-refractivity contribution >= 4 is 23.2 Å². The van der Waals surface area contributed by atoms with Crippen LogP contribution in [0.4, 0.5) is 5.69 Å². The van der Waals surface area contributed by atoms with Gasteiger partial charge in [-0.05, 0) is 62.6 Å². The molecule has 0 saturated carbocycles. The fourth-order valence-electron chi connectivity index (χ4n) is 3.13. The van der Waals surface area contributed by atoms with E-state index in [-0.39, 0.29) is 11.8 Å². The lowest BCUT2D eigenvalue weighted by Gasteiger charge is -2.24. The number of nitrogens with zero attached hydrogens (tertiary/aromatic N) is 2. The average molecular weight is 379 g/mol. The highest BCUT2D eigenvalue weighted by atomic mass is 16.5. The standard InChI is InChI=1S/C22H25N3O3/c1-4-28-21-14-18(8-7-15(21)2)20-6-5-13-25(24-20)22(27)17-9-11-19(12-10-17)23-16(3)26/h7-12,14H,4-6,13H2,1-3H3,(H,23,26). The number of benzene rings is 2. The summed E-state index contributed by atoms with van der Waals surface area (Å²) in [5, 5.41) is 8.82. The van der Waals surface area contributed by atoms with E-state index in [2.05, 4.69) is 10.4 Å². The van der Waals surface area contributed by atoms with E-state index < -0.39 is 0 Å². The first kappa shape index (κ1) is 19.6. The molecule has 0 fully saturated rings. The lowest BCUT2D eigenvalue weighted by Crippen LogP contribution is -2.32. The van der Waals surface area contributed by atoms with Crippen molar-refractivity contribution in [3.05, 3.63) is 59.2 Å². The fraction of sp³-hybridized carbons (Fsp3) is 0.318. The summed E-state index contributed by atoms with van der Waals surface area (Å²) in [6.07, 6.45) is 1.67. The molecule has 3 rings (SSSR count). The molecule has 2 amide bonds. The molecule has 0 saturated heterocycles. The molecule has 0 aromatic heterocycles. The molecular formula is C22H25N3O3. The van der Waals surface area contributed by atoms with E-state index in [0.717, 1.165) is 35.4 Å². The Labute approximate surface area is 165 Å². The van der Waals surface area contributed by atoms with Gasteiger partial charge in [0.15, 0.2) is 0 Å². The van der Waals surface area contributed by atoms with Crippen molar-refractivity contribution in [1.82, 2.24) is 5.01 Å². The number of hydrogen-bond acceptors (Lipinski definition) is 4. The predicted molar refractivity (Wildman–Crippen MR) is 110 cm³/mol. The smallest absolute Gasteiger partial charge is 0.273 e. The Balaban J connectivity index is 1.80. The van der Waals surface area contributed by atoms with Crippen LogP contribution in [-0.4, -0.2) is 35.7 Å². The van der Waals surface area contributed by atoms with Crippen molar-refractivity contribution < 1.29 is 14.3 Å². The van der Waals surface area contributed by atoms with E-state index in [0.29, 0.717) is 24.4 Å². The summed E-state index contributed by atoms with van der Waals surface area (Å²) in [4.78, 5) is 24.0. The van der Waals surface area contributed by atoms with E-state index in [1.165, 1.54) is 11.9 Å². The lowest BCUT2D eigenvalue weighted by molar-refractivity contribution is -0.114. The van der Waals surface area contributed by atoms with Crippen LogP contribution < -0.4 is 10.1 Å². The first-order chi connectivity index (χ1) is 13.5.